The van der Waals surface area contributed by atoms with E-state index in [1.807, 2.05) is 6.92 Å². The van der Waals surface area contributed by atoms with Crippen molar-refractivity contribution < 1.29 is 20.1 Å². The molecule has 5 nitrogen and oxygen atoms in total. The molecule has 0 bridgehead atoms. The van der Waals surface area contributed by atoms with Crippen LogP contribution >= 0.6 is 0 Å². The molecule has 4 N–H and O–H groups in total. The van der Waals surface area contributed by atoms with Crippen molar-refractivity contribution >= 4 is 5.78 Å². The normalized spacial score (nSPS) is 8.67. The third-order valence-electron chi connectivity index (χ3n) is 0.891. The number of rotatable bonds is 5. The summed E-state index contributed by atoms with van der Waals surface area (Å²) in [6, 6.07) is 0. The second-order valence-electron chi connectivity index (χ2n) is 1.93. The molecular weight excluding hydrogens is 162 g/mol. The fourth-order valence-corrected chi connectivity index (χ4v) is 0.306. The molecule has 0 spiro atoms. The van der Waals surface area contributed by atoms with Gasteiger partial charge in [0.25, 0.3) is 0 Å². The number of likely N-dealkylation sites (N-methyl/N-ethyl adjacent to an activating group) is 1. The maximum absolute atomic E-state index is 9.68. The second kappa shape index (κ2) is 13.1. The molecule has 0 amide bonds. The van der Waals surface area contributed by atoms with Crippen LogP contribution in [0.1, 0.15) is 6.92 Å². The van der Waals surface area contributed by atoms with Crippen LogP contribution in [0.3, 0.4) is 0 Å². The molecule has 0 heterocycles. The minimum atomic E-state index is -0.559. The number of aliphatic hydroxyl groups excluding tert-OH is 3. The number of hydrogen-bond acceptors (Lipinski definition) is 5. The van der Waals surface area contributed by atoms with Gasteiger partial charge in [0.1, 0.15) is 13.2 Å². The first-order chi connectivity index (χ1) is 5.72. The number of Topliss-reactive ketones (excluding diaryl/α,β-unsaturated/α-hetero) is 1. The van der Waals surface area contributed by atoms with Crippen molar-refractivity contribution in [2.45, 2.75) is 6.92 Å². The highest BCUT2D eigenvalue weighted by Gasteiger charge is 1.89. The molecule has 0 radical (unpaired) electrons. The quantitative estimate of drug-likeness (QED) is 0.371. The predicted octanol–water partition coefficient (Wildman–Crippen LogP) is -1.87. The van der Waals surface area contributed by atoms with Crippen LogP contribution in [0.25, 0.3) is 0 Å². The maximum atomic E-state index is 9.68. The third kappa shape index (κ3) is 16.3. The first-order valence-corrected chi connectivity index (χ1v) is 3.77. The lowest BCUT2D eigenvalue weighted by molar-refractivity contribution is -0.124. The largest absolute Gasteiger partial charge is 0.395 e. The van der Waals surface area contributed by atoms with Gasteiger partial charge in [-0.05, 0) is 6.54 Å². The number of carbonyl (C=O) groups excluding carboxylic acids is 1. The Balaban J connectivity index is 0. The van der Waals surface area contributed by atoms with E-state index in [-0.39, 0.29) is 6.61 Å². The Labute approximate surface area is 72.0 Å². The Hall–Kier alpha value is -0.490. The SMILES string of the molecule is CCNCCO.O=C(CO)CO. The van der Waals surface area contributed by atoms with Gasteiger partial charge in [0, 0.05) is 6.54 Å². The molecule has 5 heteroatoms. The number of nitrogens with one attached hydrogen (secondary N) is 1. The lowest BCUT2D eigenvalue weighted by atomic mass is 10.5. The topological polar surface area (TPSA) is 89.8 Å². The van der Waals surface area contributed by atoms with Crippen molar-refractivity contribution in [1.29, 1.82) is 0 Å². The van der Waals surface area contributed by atoms with E-state index in [4.69, 9.17) is 15.3 Å². The molecule has 0 saturated heterocycles. The molecule has 0 unspecified atom stereocenters. The maximum Gasteiger partial charge on any atom is 0.183 e. The summed E-state index contributed by atoms with van der Waals surface area (Å²) in [6.45, 7) is 2.80. The van der Waals surface area contributed by atoms with E-state index < -0.39 is 19.0 Å². The summed E-state index contributed by atoms with van der Waals surface area (Å²) in [5.41, 5.74) is 0. The molecule has 74 valence electrons. The summed E-state index contributed by atoms with van der Waals surface area (Å²) in [4.78, 5) is 9.68. The lowest BCUT2D eigenvalue weighted by Crippen LogP contribution is -2.16. The molecule has 0 atom stereocenters. The van der Waals surface area contributed by atoms with Gasteiger partial charge in [-0.1, -0.05) is 6.92 Å². The minimum absolute atomic E-state index is 0.244. The van der Waals surface area contributed by atoms with Crippen LogP contribution in [0.2, 0.25) is 0 Å². The summed E-state index contributed by atoms with van der Waals surface area (Å²) in [6.07, 6.45) is 0. The summed E-state index contributed by atoms with van der Waals surface area (Å²) in [5.74, 6) is -0.546. The van der Waals surface area contributed by atoms with Gasteiger partial charge >= 0.3 is 0 Å². The minimum Gasteiger partial charge on any atom is -0.395 e. The van der Waals surface area contributed by atoms with Crippen molar-refractivity contribution in [1.82, 2.24) is 5.32 Å². The highest BCUT2D eigenvalue weighted by molar-refractivity contribution is 5.80. The Morgan fingerprint density at radius 1 is 1.25 bits per heavy atom. The Kier molecular flexibility index (Phi) is 15.4. The Bertz CT molecular complexity index is 87.4. The molecule has 0 rings (SSSR count). The van der Waals surface area contributed by atoms with E-state index in [9.17, 15) is 4.79 Å². The van der Waals surface area contributed by atoms with Gasteiger partial charge in [-0.15, -0.1) is 0 Å². The zero-order valence-corrected chi connectivity index (χ0v) is 7.29. The van der Waals surface area contributed by atoms with E-state index in [2.05, 4.69) is 5.32 Å². The van der Waals surface area contributed by atoms with Crippen LogP contribution in [0.5, 0.6) is 0 Å². The Morgan fingerprint density at radius 3 is 1.83 bits per heavy atom. The summed E-state index contributed by atoms with van der Waals surface area (Å²) < 4.78 is 0. The van der Waals surface area contributed by atoms with E-state index in [0.717, 1.165) is 13.1 Å². The van der Waals surface area contributed by atoms with Gasteiger partial charge in [0.2, 0.25) is 0 Å². The van der Waals surface area contributed by atoms with Crippen LogP contribution in [0.4, 0.5) is 0 Å². The average Bonchev–Trinajstić information content (AvgIpc) is 2.14. The van der Waals surface area contributed by atoms with Gasteiger partial charge in [-0.25, -0.2) is 0 Å². The highest BCUT2D eigenvalue weighted by atomic mass is 16.3. The number of hydrogen-bond donors (Lipinski definition) is 4. The monoisotopic (exact) mass is 179 g/mol. The van der Waals surface area contributed by atoms with Crippen LogP contribution in [-0.2, 0) is 4.79 Å². The number of carbonyl (C=O) groups is 1. The fraction of sp³-hybridized carbons (Fsp3) is 0.857. The van der Waals surface area contributed by atoms with E-state index >= 15 is 0 Å². The number of ketones is 1. The molecular formula is C7H17NO4. The summed E-state index contributed by atoms with van der Waals surface area (Å²) >= 11 is 0. The number of aliphatic hydroxyl groups is 3. The molecule has 12 heavy (non-hydrogen) atoms. The highest BCUT2D eigenvalue weighted by Crippen LogP contribution is 1.59. The predicted molar refractivity (Wildman–Crippen MR) is 44.8 cm³/mol. The fourth-order valence-electron chi connectivity index (χ4n) is 0.306. The molecule has 0 aliphatic carbocycles. The van der Waals surface area contributed by atoms with Crippen molar-refractivity contribution in [3.8, 4) is 0 Å². The van der Waals surface area contributed by atoms with E-state index in [0.29, 0.717) is 0 Å². The molecule has 0 aliphatic rings. The van der Waals surface area contributed by atoms with Crippen molar-refractivity contribution in [2.75, 3.05) is 32.9 Å². The van der Waals surface area contributed by atoms with Gasteiger partial charge in [-0.3, -0.25) is 4.79 Å². The van der Waals surface area contributed by atoms with Gasteiger partial charge in [0.15, 0.2) is 5.78 Å². The summed E-state index contributed by atoms with van der Waals surface area (Å²) in [7, 11) is 0. The Morgan fingerprint density at radius 2 is 1.75 bits per heavy atom. The molecule has 0 fully saturated rings. The molecule has 0 aliphatic heterocycles. The zero-order chi connectivity index (χ0) is 9.82. The zero-order valence-electron chi connectivity index (χ0n) is 7.29. The van der Waals surface area contributed by atoms with Crippen molar-refractivity contribution in [3.05, 3.63) is 0 Å². The molecule has 0 saturated carbocycles. The van der Waals surface area contributed by atoms with Crippen LogP contribution < -0.4 is 5.32 Å². The molecule has 0 aromatic heterocycles. The van der Waals surface area contributed by atoms with Crippen LogP contribution in [-0.4, -0.2) is 54.0 Å². The smallest absolute Gasteiger partial charge is 0.183 e. The first kappa shape index (κ1) is 14.1. The van der Waals surface area contributed by atoms with Gasteiger partial charge < -0.3 is 20.6 Å². The average molecular weight is 179 g/mol. The van der Waals surface area contributed by atoms with Gasteiger partial charge in [-0.2, -0.15) is 0 Å². The summed E-state index contributed by atoms with van der Waals surface area (Å²) in [5, 5.41) is 26.7. The van der Waals surface area contributed by atoms with E-state index in [1.165, 1.54) is 0 Å². The van der Waals surface area contributed by atoms with E-state index in [1.54, 1.807) is 0 Å². The standard InChI is InChI=1S/C4H11NO.C3H6O3/c1-2-5-3-4-6;4-1-3(6)2-5/h5-6H,2-4H2,1H3;4-5H,1-2H2. The van der Waals surface area contributed by atoms with Crippen LogP contribution in [0, 0.1) is 0 Å². The van der Waals surface area contributed by atoms with Crippen LogP contribution in [0.15, 0.2) is 0 Å². The second-order valence-corrected chi connectivity index (χ2v) is 1.93. The van der Waals surface area contributed by atoms with Crippen molar-refractivity contribution in [3.63, 3.8) is 0 Å². The molecule has 0 aromatic rings. The van der Waals surface area contributed by atoms with Gasteiger partial charge in [0.05, 0.1) is 6.61 Å². The molecule has 0 aromatic carbocycles. The van der Waals surface area contributed by atoms with Crippen molar-refractivity contribution in [2.24, 2.45) is 0 Å². The first-order valence-electron chi connectivity index (χ1n) is 3.77. The third-order valence-corrected chi connectivity index (χ3v) is 0.891. The lowest BCUT2D eigenvalue weighted by Gasteiger charge is -1.91.